The van der Waals surface area contributed by atoms with E-state index in [9.17, 15) is 24.3 Å². The van der Waals surface area contributed by atoms with Crippen molar-refractivity contribution in [3.63, 3.8) is 0 Å². The quantitative estimate of drug-likeness (QED) is 0.296. The molecule has 4 rings (SSSR count). The molecule has 2 unspecified atom stereocenters. The fourth-order valence-corrected chi connectivity index (χ4v) is 6.03. The highest BCUT2D eigenvalue weighted by molar-refractivity contribution is 6.02. The number of methoxy groups -OCH3 is 1. The predicted molar refractivity (Wildman–Crippen MR) is 146 cm³/mol. The Morgan fingerprint density at radius 2 is 1.87 bits per heavy atom. The lowest BCUT2D eigenvalue weighted by Crippen LogP contribution is -2.53. The van der Waals surface area contributed by atoms with Gasteiger partial charge in [0.15, 0.2) is 5.78 Å². The smallest absolute Gasteiger partial charge is 0.268 e. The minimum atomic E-state index is -1.03. The van der Waals surface area contributed by atoms with E-state index in [0.29, 0.717) is 18.6 Å². The van der Waals surface area contributed by atoms with Crippen LogP contribution in [0.5, 0.6) is 5.75 Å². The van der Waals surface area contributed by atoms with Crippen LogP contribution in [-0.4, -0.2) is 64.9 Å². The summed E-state index contributed by atoms with van der Waals surface area (Å²) in [6.07, 6.45) is 6.18. The summed E-state index contributed by atoms with van der Waals surface area (Å²) in [7, 11) is 1.55. The van der Waals surface area contributed by atoms with E-state index in [1.165, 1.54) is 0 Å². The number of amides is 3. The number of benzene rings is 1. The second-order valence-electron chi connectivity index (χ2n) is 11.4. The normalized spacial score (nSPS) is 20.0. The second-order valence-corrected chi connectivity index (χ2v) is 11.4. The van der Waals surface area contributed by atoms with E-state index in [1.54, 1.807) is 19.2 Å². The standard InChI is InChI=1S/C29H40N4O6/c1-17(2)12-22(32-28(38)23-14-19-20(30-23)8-7-9-25(19)39-3)27(37)31-21(24(35)16-34)13-18-15-29(33-26(18)36)10-5-4-6-11-29/h7-9,14,17-18,21-22,30,34H,4-6,10-13,15-16H2,1-3H3,(H,31,37)(H,32,38)(H,33,36)/t18?,21?,22-/m0/s1. The number of aromatic amines is 1. The van der Waals surface area contributed by atoms with Crippen molar-refractivity contribution < 1.29 is 29.0 Å². The van der Waals surface area contributed by atoms with Crippen LogP contribution in [0.15, 0.2) is 24.3 Å². The van der Waals surface area contributed by atoms with Crippen LogP contribution in [0.25, 0.3) is 10.9 Å². The molecule has 3 atom stereocenters. The SMILES string of the molecule is COc1cccc2[nH]c(C(=O)N[C@@H](CC(C)C)C(=O)NC(CC3CC4(CCCCC4)NC3=O)C(=O)CO)cc12. The Hall–Kier alpha value is -3.40. The van der Waals surface area contributed by atoms with Crippen LogP contribution in [0.3, 0.4) is 0 Å². The molecular weight excluding hydrogens is 500 g/mol. The molecule has 0 bridgehead atoms. The average molecular weight is 541 g/mol. The molecule has 1 aromatic heterocycles. The highest BCUT2D eigenvalue weighted by Crippen LogP contribution is 2.39. The zero-order valence-corrected chi connectivity index (χ0v) is 23.0. The number of carbonyl (C=O) groups is 4. The topological polar surface area (TPSA) is 150 Å². The van der Waals surface area contributed by atoms with Crippen molar-refractivity contribution in [1.82, 2.24) is 20.9 Å². The lowest BCUT2D eigenvalue weighted by molar-refractivity contribution is -0.131. The molecule has 2 heterocycles. The van der Waals surface area contributed by atoms with Crippen molar-refractivity contribution >= 4 is 34.4 Å². The number of ketones is 1. The number of fused-ring (bicyclic) bond motifs is 1. The molecule has 39 heavy (non-hydrogen) atoms. The number of ether oxygens (including phenoxy) is 1. The Bertz CT molecular complexity index is 1220. The van der Waals surface area contributed by atoms with Gasteiger partial charge in [0, 0.05) is 22.4 Å². The summed E-state index contributed by atoms with van der Waals surface area (Å²) < 4.78 is 5.37. The van der Waals surface area contributed by atoms with Gasteiger partial charge < -0.3 is 30.8 Å². The summed E-state index contributed by atoms with van der Waals surface area (Å²) in [4.78, 5) is 55.1. The van der Waals surface area contributed by atoms with Crippen molar-refractivity contribution in [2.45, 2.75) is 82.8 Å². The van der Waals surface area contributed by atoms with Crippen LogP contribution in [0.2, 0.25) is 0 Å². The Labute approximate surface area is 228 Å². The van der Waals surface area contributed by atoms with Gasteiger partial charge in [0.2, 0.25) is 11.8 Å². The van der Waals surface area contributed by atoms with Crippen molar-refractivity contribution in [3.8, 4) is 5.75 Å². The predicted octanol–water partition coefficient (Wildman–Crippen LogP) is 2.60. The molecule has 5 N–H and O–H groups in total. The van der Waals surface area contributed by atoms with Gasteiger partial charge in [-0.2, -0.15) is 0 Å². The average Bonchev–Trinajstić information content (AvgIpc) is 3.48. The van der Waals surface area contributed by atoms with E-state index in [4.69, 9.17) is 4.74 Å². The molecule has 1 aliphatic carbocycles. The number of aromatic nitrogens is 1. The first-order valence-corrected chi connectivity index (χ1v) is 13.9. The summed E-state index contributed by atoms with van der Waals surface area (Å²) in [5.41, 5.74) is 0.774. The van der Waals surface area contributed by atoms with Gasteiger partial charge in [-0.25, -0.2) is 0 Å². The molecule has 2 fully saturated rings. The van der Waals surface area contributed by atoms with Crippen LogP contribution >= 0.6 is 0 Å². The number of Topliss-reactive ketones (excluding diaryl/α,β-unsaturated/α-hetero) is 1. The third kappa shape index (κ3) is 6.61. The Balaban J connectivity index is 1.47. The van der Waals surface area contributed by atoms with Gasteiger partial charge in [-0.1, -0.05) is 39.2 Å². The Morgan fingerprint density at radius 1 is 1.13 bits per heavy atom. The molecule has 3 amide bonds. The molecule has 212 valence electrons. The molecular formula is C29H40N4O6. The van der Waals surface area contributed by atoms with Gasteiger partial charge in [0.25, 0.3) is 5.91 Å². The van der Waals surface area contributed by atoms with Crippen molar-refractivity contribution in [3.05, 3.63) is 30.0 Å². The van der Waals surface area contributed by atoms with E-state index >= 15 is 0 Å². The molecule has 2 aromatic rings. The molecule has 2 aliphatic rings. The second kappa shape index (κ2) is 12.2. The minimum Gasteiger partial charge on any atom is -0.496 e. The molecule has 0 radical (unpaired) electrons. The summed E-state index contributed by atoms with van der Waals surface area (Å²) in [6.45, 7) is 3.12. The number of nitrogens with one attached hydrogen (secondary N) is 4. The monoisotopic (exact) mass is 540 g/mol. The molecule has 1 aromatic carbocycles. The first-order valence-electron chi connectivity index (χ1n) is 13.9. The fourth-order valence-electron chi connectivity index (χ4n) is 6.03. The van der Waals surface area contributed by atoms with E-state index in [-0.39, 0.29) is 29.5 Å². The van der Waals surface area contributed by atoms with Gasteiger partial charge in [0.05, 0.1) is 13.2 Å². The van der Waals surface area contributed by atoms with Gasteiger partial charge in [-0.05, 0) is 56.2 Å². The Kier molecular flexibility index (Phi) is 8.94. The molecule has 10 heteroatoms. The largest absolute Gasteiger partial charge is 0.496 e. The third-order valence-corrected chi connectivity index (χ3v) is 8.01. The van der Waals surface area contributed by atoms with E-state index in [2.05, 4.69) is 20.9 Å². The number of aliphatic hydroxyl groups is 1. The third-order valence-electron chi connectivity index (χ3n) is 8.01. The first kappa shape index (κ1) is 28.6. The van der Waals surface area contributed by atoms with E-state index in [1.807, 2.05) is 26.0 Å². The summed E-state index contributed by atoms with van der Waals surface area (Å²) in [6, 6.07) is 5.17. The van der Waals surface area contributed by atoms with Crippen LogP contribution in [0, 0.1) is 11.8 Å². The highest BCUT2D eigenvalue weighted by Gasteiger charge is 2.45. The number of carbonyl (C=O) groups excluding carboxylic acids is 4. The van der Waals surface area contributed by atoms with Crippen LogP contribution in [-0.2, 0) is 14.4 Å². The van der Waals surface area contributed by atoms with Gasteiger partial charge in [0.1, 0.15) is 24.1 Å². The number of aliphatic hydroxyl groups excluding tert-OH is 1. The van der Waals surface area contributed by atoms with Gasteiger partial charge >= 0.3 is 0 Å². The highest BCUT2D eigenvalue weighted by atomic mass is 16.5. The fraction of sp³-hybridized carbons (Fsp3) is 0.586. The number of rotatable bonds is 11. The van der Waals surface area contributed by atoms with Gasteiger partial charge in [-0.3, -0.25) is 19.2 Å². The summed E-state index contributed by atoms with van der Waals surface area (Å²) in [5, 5.41) is 19.0. The van der Waals surface area contributed by atoms with E-state index in [0.717, 1.165) is 43.0 Å². The molecule has 1 spiro atoms. The van der Waals surface area contributed by atoms with Crippen molar-refractivity contribution in [2.75, 3.05) is 13.7 Å². The summed E-state index contributed by atoms with van der Waals surface area (Å²) >= 11 is 0. The number of H-pyrrole nitrogens is 1. The maximum Gasteiger partial charge on any atom is 0.268 e. The van der Waals surface area contributed by atoms with Crippen molar-refractivity contribution in [1.29, 1.82) is 0 Å². The number of hydrogen-bond acceptors (Lipinski definition) is 6. The van der Waals surface area contributed by atoms with E-state index < -0.39 is 42.2 Å². The Morgan fingerprint density at radius 3 is 2.54 bits per heavy atom. The van der Waals surface area contributed by atoms with Crippen molar-refractivity contribution in [2.24, 2.45) is 11.8 Å². The van der Waals surface area contributed by atoms with Crippen LogP contribution in [0.1, 0.15) is 75.7 Å². The molecule has 10 nitrogen and oxygen atoms in total. The lowest BCUT2D eigenvalue weighted by Gasteiger charge is -2.33. The maximum atomic E-state index is 13.4. The van der Waals surface area contributed by atoms with Gasteiger partial charge in [-0.15, -0.1) is 0 Å². The number of hydrogen-bond donors (Lipinski definition) is 5. The summed E-state index contributed by atoms with van der Waals surface area (Å²) in [5.74, 6) is -1.39. The minimum absolute atomic E-state index is 0.0719. The zero-order valence-electron chi connectivity index (χ0n) is 23.0. The molecule has 1 aliphatic heterocycles. The molecule has 1 saturated carbocycles. The molecule has 1 saturated heterocycles. The zero-order chi connectivity index (χ0) is 28.2. The lowest BCUT2D eigenvalue weighted by atomic mass is 9.78. The maximum absolute atomic E-state index is 13.4. The van der Waals surface area contributed by atoms with Crippen LogP contribution in [0.4, 0.5) is 0 Å². The first-order chi connectivity index (χ1) is 18.6. The van der Waals surface area contributed by atoms with Crippen LogP contribution < -0.4 is 20.7 Å².